The van der Waals surface area contributed by atoms with Crippen molar-refractivity contribution >= 4 is 23.1 Å². The summed E-state index contributed by atoms with van der Waals surface area (Å²) in [5.74, 6) is -0.433. The first-order chi connectivity index (χ1) is 10.7. The summed E-state index contributed by atoms with van der Waals surface area (Å²) in [6, 6.07) is 12.8. The van der Waals surface area contributed by atoms with Crippen LogP contribution in [0.5, 0.6) is 0 Å². The van der Waals surface area contributed by atoms with E-state index >= 15 is 0 Å². The molecule has 0 bridgehead atoms. The van der Waals surface area contributed by atoms with E-state index in [0.29, 0.717) is 18.0 Å². The Hall–Kier alpha value is -1.98. The van der Waals surface area contributed by atoms with Gasteiger partial charge in [0.05, 0.1) is 23.9 Å². The molecule has 2 rings (SSSR count). The third-order valence-electron chi connectivity index (χ3n) is 3.15. The van der Waals surface area contributed by atoms with Crippen molar-refractivity contribution in [3.8, 4) is 0 Å². The zero-order valence-corrected chi connectivity index (χ0v) is 13.3. The van der Waals surface area contributed by atoms with E-state index in [1.807, 2.05) is 41.8 Å². The van der Waals surface area contributed by atoms with Gasteiger partial charge in [-0.1, -0.05) is 36.4 Å². The molecule has 116 valence electrons. The van der Waals surface area contributed by atoms with Crippen LogP contribution < -0.4 is 5.32 Å². The van der Waals surface area contributed by atoms with Crippen LogP contribution in [0.25, 0.3) is 0 Å². The molecular weight excluding hydrogens is 298 g/mol. The molecule has 0 saturated heterocycles. The molecule has 1 heterocycles. The Bertz CT molecular complexity index is 596. The Morgan fingerprint density at radius 3 is 2.59 bits per heavy atom. The molecule has 1 aromatic heterocycles. The molecule has 5 heteroatoms. The van der Waals surface area contributed by atoms with Crippen molar-refractivity contribution in [2.75, 3.05) is 6.61 Å². The molecule has 0 saturated carbocycles. The van der Waals surface area contributed by atoms with Gasteiger partial charge in [-0.3, -0.25) is 9.59 Å². The van der Waals surface area contributed by atoms with Crippen LogP contribution in [-0.2, 0) is 16.1 Å². The maximum Gasteiger partial charge on any atom is 0.307 e. The normalized spacial score (nSPS) is 11.9. The molecule has 0 aliphatic heterocycles. The molecule has 1 N–H and O–H groups in total. The van der Waals surface area contributed by atoms with Crippen molar-refractivity contribution in [3.05, 3.63) is 58.3 Å². The zero-order valence-electron chi connectivity index (χ0n) is 12.5. The van der Waals surface area contributed by atoms with Gasteiger partial charge >= 0.3 is 5.97 Å². The smallest absolute Gasteiger partial charge is 0.307 e. The summed E-state index contributed by atoms with van der Waals surface area (Å²) in [6.07, 6.45) is 0.0391. The largest absolute Gasteiger partial charge is 0.466 e. The fraction of sp³-hybridized carbons (Fsp3) is 0.294. The second-order valence-corrected chi connectivity index (χ2v) is 5.72. The Kier molecular flexibility index (Phi) is 6.30. The first kappa shape index (κ1) is 16.4. The monoisotopic (exact) mass is 317 g/mol. The first-order valence-corrected chi connectivity index (χ1v) is 8.09. The number of rotatable bonds is 8. The van der Waals surface area contributed by atoms with Gasteiger partial charge in [0.1, 0.15) is 0 Å². The van der Waals surface area contributed by atoms with E-state index in [-0.39, 0.29) is 18.2 Å². The molecule has 22 heavy (non-hydrogen) atoms. The molecule has 1 atom stereocenters. The van der Waals surface area contributed by atoms with Crippen LogP contribution >= 0.6 is 11.3 Å². The molecule has 0 amide bonds. The standard InChI is InChI=1S/C17H19NO3S/c1-2-21-16(19)11-14(17(20)15-9-6-10-22-15)18-12-13-7-4-3-5-8-13/h3-10,14,18H,2,11-12H2,1H3. The van der Waals surface area contributed by atoms with E-state index in [0.717, 1.165) is 5.56 Å². The lowest BCUT2D eigenvalue weighted by molar-refractivity contribution is -0.143. The lowest BCUT2D eigenvalue weighted by Gasteiger charge is -2.16. The predicted octanol–water partition coefficient (Wildman–Crippen LogP) is 3.04. The van der Waals surface area contributed by atoms with Crippen LogP contribution in [0.3, 0.4) is 0 Å². The van der Waals surface area contributed by atoms with Crippen LogP contribution in [0.1, 0.15) is 28.6 Å². The van der Waals surface area contributed by atoms with Crippen molar-refractivity contribution < 1.29 is 14.3 Å². The summed E-state index contributed by atoms with van der Waals surface area (Å²) < 4.78 is 4.96. The Morgan fingerprint density at radius 2 is 1.95 bits per heavy atom. The van der Waals surface area contributed by atoms with Crippen molar-refractivity contribution in [1.82, 2.24) is 5.32 Å². The summed E-state index contributed by atoms with van der Waals surface area (Å²) in [7, 11) is 0. The van der Waals surface area contributed by atoms with Gasteiger partial charge in [0, 0.05) is 6.54 Å². The molecule has 0 radical (unpaired) electrons. The quantitative estimate of drug-likeness (QED) is 0.600. The van der Waals surface area contributed by atoms with Crippen LogP contribution in [0.15, 0.2) is 47.8 Å². The van der Waals surface area contributed by atoms with E-state index in [2.05, 4.69) is 5.32 Å². The maximum absolute atomic E-state index is 12.5. The van der Waals surface area contributed by atoms with Crippen LogP contribution in [0.2, 0.25) is 0 Å². The second kappa shape index (κ2) is 8.46. The van der Waals surface area contributed by atoms with Crippen molar-refractivity contribution in [1.29, 1.82) is 0 Å². The average Bonchev–Trinajstić information content (AvgIpc) is 3.06. The number of ketones is 1. The van der Waals surface area contributed by atoms with Crippen LogP contribution in [0.4, 0.5) is 0 Å². The first-order valence-electron chi connectivity index (χ1n) is 7.21. The highest BCUT2D eigenvalue weighted by molar-refractivity contribution is 7.12. The number of nitrogens with one attached hydrogen (secondary N) is 1. The average molecular weight is 317 g/mol. The molecule has 4 nitrogen and oxygen atoms in total. The number of thiophene rings is 1. The summed E-state index contributed by atoms with van der Waals surface area (Å²) in [5, 5.41) is 5.02. The predicted molar refractivity (Wildman–Crippen MR) is 87.0 cm³/mol. The van der Waals surface area contributed by atoms with Gasteiger partial charge in [-0.25, -0.2) is 0 Å². The van der Waals surface area contributed by atoms with Crippen LogP contribution in [0, 0.1) is 0 Å². The van der Waals surface area contributed by atoms with Gasteiger partial charge in [0.2, 0.25) is 0 Å². The highest BCUT2D eigenvalue weighted by Crippen LogP contribution is 2.14. The van der Waals surface area contributed by atoms with Crippen molar-refractivity contribution in [3.63, 3.8) is 0 Å². The molecule has 0 aliphatic carbocycles. The fourth-order valence-electron chi connectivity index (χ4n) is 2.07. The zero-order chi connectivity index (χ0) is 15.8. The summed E-state index contributed by atoms with van der Waals surface area (Å²) in [5.41, 5.74) is 1.07. The maximum atomic E-state index is 12.5. The number of benzene rings is 1. The Balaban J connectivity index is 2.04. The minimum Gasteiger partial charge on any atom is -0.466 e. The van der Waals surface area contributed by atoms with Gasteiger partial charge in [-0.05, 0) is 23.9 Å². The van der Waals surface area contributed by atoms with E-state index < -0.39 is 6.04 Å². The van der Waals surface area contributed by atoms with E-state index in [4.69, 9.17) is 4.74 Å². The van der Waals surface area contributed by atoms with E-state index in [1.165, 1.54) is 11.3 Å². The van der Waals surface area contributed by atoms with E-state index in [1.54, 1.807) is 13.0 Å². The minimum absolute atomic E-state index is 0.0391. The summed E-state index contributed by atoms with van der Waals surface area (Å²) >= 11 is 1.38. The van der Waals surface area contributed by atoms with E-state index in [9.17, 15) is 9.59 Å². The van der Waals surface area contributed by atoms with Gasteiger partial charge in [-0.15, -0.1) is 11.3 Å². The Morgan fingerprint density at radius 1 is 1.18 bits per heavy atom. The molecule has 1 aromatic carbocycles. The third kappa shape index (κ3) is 4.79. The highest BCUT2D eigenvalue weighted by atomic mass is 32.1. The number of ether oxygens (including phenoxy) is 1. The minimum atomic E-state index is -0.571. The van der Waals surface area contributed by atoms with Gasteiger partial charge in [0.15, 0.2) is 5.78 Å². The lowest BCUT2D eigenvalue weighted by Crippen LogP contribution is -2.38. The molecule has 0 aliphatic rings. The van der Waals surface area contributed by atoms with Gasteiger partial charge in [-0.2, -0.15) is 0 Å². The van der Waals surface area contributed by atoms with Crippen molar-refractivity contribution in [2.24, 2.45) is 0 Å². The molecular formula is C17H19NO3S. The summed E-state index contributed by atoms with van der Waals surface area (Å²) in [4.78, 5) is 24.9. The molecule has 0 fully saturated rings. The molecule has 2 aromatic rings. The van der Waals surface area contributed by atoms with Gasteiger partial charge < -0.3 is 10.1 Å². The molecule has 1 unspecified atom stereocenters. The third-order valence-corrected chi connectivity index (χ3v) is 4.04. The number of hydrogen-bond acceptors (Lipinski definition) is 5. The van der Waals surface area contributed by atoms with Crippen molar-refractivity contribution in [2.45, 2.75) is 25.9 Å². The number of carbonyl (C=O) groups excluding carboxylic acids is 2. The number of hydrogen-bond donors (Lipinski definition) is 1. The number of esters is 1. The Labute approximate surface area is 134 Å². The summed E-state index contributed by atoms with van der Waals surface area (Å²) in [6.45, 7) is 2.60. The fourth-order valence-corrected chi connectivity index (χ4v) is 2.79. The second-order valence-electron chi connectivity index (χ2n) is 4.77. The topological polar surface area (TPSA) is 55.4 Å². The SMILES string of the molecule is CCOC(=O)CC(NCc1ccccc1)C(=O)c1cccs1. The number of Topliss-reactive ketones (excluding diaryl/α,β-unsaturated/α-hetero) is 1. The van der Waals surface area contributed by atoms with Crippen LogP contribution in [-0.4, -0.2) is 24.4 Å². The highest BCUT2D eigenvalue weighted by Gasteiger charge is 2.24. The molecule has 0 spiro atoms. The lowest BCUT2D eigenvalue weighted by atomic mass is 10.1. The van der Waals surface area contributed by atoms with Gasteiger partial charge in [0.25, 0.3) is 0 Å². The number of carbonyl (C=O) groups is 2.